The number of methoxy groups -OCH3 is 1. The first-order chi connectivity index (χ1) is 27.7. The lowest BCUT2D eigenvalue weighted by Gasteiger charge is -2.34. The van der Waals surface area contributed by atoms with Crippen molar-refractivity contribution in [3.8, 4) is 5.88 Å². The summed E-state index contributed by atoms with van der Waals surface area (Å²) < 4.78 is 86.7. The van der Waals surface area contributed by atoms with Gasteiger partial charge in [-0.1, -0.05) is 38.1 Å². The number of hydrogen-bond donors (Lipinski definition) is 3. The number of carbonyl (C=O) groups is 4. The summed E-state index contributed by atoms with van der Waals surface area (Å²) in [6.07, 6.45) is -1.65. The van der Waals surface area contributed by atoms with Crippen LogP contribution in [-0.4, -0.2) is 108 Å². The number of ether oxygens (including phenoxy) is 3. The van der Waals surface area contributed by atoms with Crippen molar-refractivity contribution in [2.24, 2.45) is 17.8 Å². The average Bonchev–Trinajstić information content (AvgIpc) is 4.09. The van der Waals surface area contributed by atoms with Gasteiger partial charge in [0.1, 0.15) is 23.7 Å². The summed E-state index contributed by atoms with van der Waals surface area (Å²) in [4.78, 5) is 70.6. The third-order valence-corrected chi connectivity index (χ3v) is 13.4. The molecule has 324 valence electrons. The number of alkyl carbamates (subject to hydrolysis) is 1. The second-order valence-electron chi connectivity index (χ2n) is 16.6. The van der Waals surface area contributed by atoms with E-state index >= 15 is 0 Å². The highest BCUT2D eigenvalue weighted by Crippen LogP contribution is 2.46. The Morgan fingerprint density at radius 1 is 1.05 bits per heavy atom. The monoisotopic (exact) mass is 852 g/mol. The molecule has 4 aliphatic rings. The van der Waals surface area contributed by atoms with Gasteiger partial charge in [-0.25, -0.2) is 17.9 Å². The number of nitrogens with one attached hydrogen (secondary N) is 3. The van der Waals surface area contributed by atoms with Crippen molar-refractivity contribution in [1.29, 1.82) is 0 Å². The number of benzene rings is 1. The van der Waals surface area contributed by atoms with Crippen LogP contribution in [0.5, 0.6) is 5.88 Å². The zero-order valence-electron chi connectivity index (χ0n) is 33.5. The fourth-order valence-corrected chi connectivity index (χ4v) is 9.09. The number of amides is 4. The molecule has 3 fully saturated rings. The van der Waals surface area contributed by atoms with Gasteiger partial charge in [-0.3, -0.25) is 23.9 Å². The Morgan fingerprint density at radius 2 is 1.75 bits per heavy atom. The summed E-state index contributed by atoms with van der Waals surface area (Å²) >= 11 is 0. The van der Waals surface area contributed by atoms with Crippen LogP contribution in [-0.2, 0) is 40.4 Å². The Hall–Kier alpha value is -4.72. The van der Waals surface area contributed by atoms with Crippen molar-refractivity contribution in [3.05, 3.63) is 46.8 Å². The van der Waals surface area contributed by atoms with E-state index in [4.69, 9.17) is 14.2 Å². The van der Waals surface area contributed by atoms with Crippen LogP contribution in [0.3, 0.4) is 0 Å². The van der Waals surface area contributed by atoms with Gasteiger partial charge in [0.15, 0.2) is 0 Å². The van der Waals surface area contributed by atoms with E-state index in [9.17, 15) is 45.6 Å². The van der Waals surface area contributed by atoms with E-state index in [1.54, 1.807) is 37.3 Å². The molecule has 6 rings (SSSR count). The molecule has 0 spiro atoms. The Labute approximate surface area is 339 Å². The SMILES string of the molecule is COCCn1nc(OC2CC3C(=O)NC4(C(=O)NS(=O)(=O)C5CC5)CC4C=CCCC(C)CC(C)C(NC(=O)OC(C)(C)C(F)(F)F)C(=O)N3C2)c2ccccc2c1=O. The highest BCUT2D eigenvalue weighted by Gasteiger charge is 2.62. The van der Waals surface area contributed by atoms with Crippen LogP contribution in [0.2, 0.25) is 0 Å². The summed E-state index contributed by atoms with van der Waals surface area (Å²) in [7, 11) is -2.54. The molecule has 0 bridgehead atoms. The maximum atomic E-state index is 14.8. The molecular formula is C39H51F3N6O10S. The Morgan fingerprint density at radius 3 is 2.41 bits per heavy atom. The first-order valence-corrected chi connectivity index (χ1v) is 21.3. The van der Waals surface area contributed by atoms with Gasteiger partial charge in [0.25, 0.3) is 11.5 Å². The summed E-state index contributed by atoms with van der Waals surface area (Å²) in [5.41, 5.74) is -4.98. The van der Waals surface area contributed by atoms with Crippen LogP contribution in [0.25, 0.3) is 10.8 Å². The molecule has 7 atom stereocenters. The fraction of sp³-hybridized carbons (Fsp3) is 0.641. The number of rotatable bonds is 10. The quantitative estimate of drug-likeness (QED) is 0.296. The Balaban J connectivity index is 1.37. The normalized spacial score (nSPS) is 28.1. The van der Waals surface area contributed by atoms with Crippen LogP contribution < -0.4 is 25.7 Å². The lowest BCUT2D eigenvalue weighted by molar-refractivity contribution is -0.244. The first-order valence-electron chi connectivity index (χ1n) is 19.7. The van der Waals surface area contributed by atoms with Gasteiger partial charge in [0, 0.05) is 19.4 Å². The molecular weight excluding hydrogens is 802 g/mol. The van der Waals surface area contributed by atoms with Crippen LogP contribution >= 0.6 is 0 Å². The largest absolute Gasteiger partial charge is 0.471 e. The summed E-state index contributed by atoms with van der Waals surface area (Å²) in [5.74, 6) is -3.85. The van der Waals surface area contributed by atoms with Crippen molar-refractivity contribution in [2.75, 3.05) is 20.3 Å². The third kappa shape index (κ3) is 9.53. The second kappa shape index (κ2) is 16.7. The van der Waals surface area contributed by atoms with Gasteiger partial charge in [-0.05, 0) is 76.3 Å². The lowest BCUT2D eigenvalue weighted by atomic mass is 9.88. The number of carbonyl (C=O) groups excluding carboxylic acids is 4. The van der Waals surface area contributed by atoms with E-state index in [0.29, 0.717) is 51.3 Å². The molecule has 7 unspecified atom stereocenters. The van der Waals surface area contributed by atoms with Gasteiger partial charge in [0.05, 0.1) is 35.7 Å². The molecule has 1 saturated heterocycles. The highest BCUT2D eigenvalue weighted by atomic mass is 32.2. The number of hydrogen-bond acceptors (Lipinski definition) is 11. The lowest BCUT2D eigenvalue weighted by Crippen LogP contribution is -2.59. The zero-order valence-corrected chi connectivity index (χ0v) is 34.4. The molecule has 2 aliphatic heterocycles. The van der Waals surface area contributed by atoms with Crippen LogP contribution in [0.1, 0.15) is 72.6 Å². The minimum Gasteiger partial charge on any atom is -0.471 e. The predicted molar refractivity (Wildman–Crippen MR) is 206 cm³/mol. The molecule has 16 nitrogen and oxygen atoms in total. The number of nitrogens with zero attached hydrogens (tertiary/aromatic N) is 3. The minimum absolute atomic E-state index is 0.0141. The molecule has 1 aromatic heterocycles. The van der Waals surface area contributed by atoms with Crippen LogP contribution in [0, 0.1) is 17.8 Å². The summed E-state index contributed by atoms with van der Waals surface area (Å²) in [6.45, 7) is 4.88. The van der Waals surface area contributed by atoms with Gasteiger partial charge < -0.3 is 29.7 Å². The number of fused-ring (bicyclic) bond motifs is 3. The van der Waals surface area contributed by atoms with E-state index in [-0.39, 0.29) is 49.7 Å². The topological polar surface area (TPSA) is 204 Å². The summed E-state index contributed by atoms with van der Waals surface area (Å²) in [6, 6.07) is 3.71. The molecule has 20 heteroatoms. The van der Waals surface area contributed by atoms with Gasteiger partial charge in [0.2, 0.25) is 33.3 Å². The highest BCUT2D eigenvalue weighted by molar-refractivity contribution is 7.91. The van der Waals surface area contributed by atoms with E-state index in [0.717, 1.165) is 4.90 Å². The predicted octanol–water partition coefficient (Wildman–Crippen LogP) is 3.32. The second-order valence-corrected chi connectivity index (χ2v) is 18.6. The molecule has 59 heavy (non-hydrogen) atoms. The van der Waals surface area contributed by atoms with Crippen molar-refractivity contribution in [1.82, 2.24) is 30.0 Å². The van der Waals surface area contributed by atoms with Gasteiger partial charge in [-0.15, -0.1) is 5.10 Å². The Bertz CT molecular complexity index is 2160. The van der Waals surface area contributed by atoms with Crippen molar-refractivity contribution in [3.63, 3.8) is 0 Å². The maximum Gasteiger partial charge on any atom is 0.427 e. The third-order valence-electron chi connectivity index (χ3n) is 11.5. The molecule has 3 heterocycles. The average molecular weight is 853 g/mol. The van der Waals surface area contributed by atoms with Gasteiger partial charge >= 0.3 is 12.3 Å². The minimum atomic E-state index is -4.93. The molecule has 1 aromatic carbocycles. The van der Waals surface area contributed by atoms with Crippen molar-refractivity contribution >= 4 is 44.6 Å². The molecule has 3 N–H and O–H groups in total. The number of allylic oxidation sites excluding steroid dienone is 1. The summed E-state index contributed by atoms with van der Waals surface area (Å²) in [5, 5.41) is 9.46. The molecule has 2 aromatic rings. The molecule has 4 amide bonds. The fourth-order valence-electron chi connectivity index (χ4n) is 7.72. The zero-order chi connectivity index (χ0) is 43.1. The van der Waals surface area contributed by atoms with Gasteiger partial charge in [-0.2, -0.15) is 13.2 Å². The van der Waals surface area contributed by atoms with E-state index in [1.165, 1.54) is 11.8 Å². The smallest absolute Gasteiger partial charge is 0.427 e. The number of halogens is 3. The molecule has 2 aliphatic carbocycles. The van der Waals surface area contributed by atoms with Crippen LogP contribution in [0.4, 0.5) is 18.0 Å². The van der Waals surface area contributed by atoms with E-state index in [2.05, 4.69) is 20.5 Å². The molecule has 2 saturated carbocycles. The number of aromatic nitrogens is 2. The number of alkyl halides is 3. The maximum absolute atomic E-state index is 14.8. The van der Waals surface area contributed by atoms with Crippen molar-refractivity contribution in [2.45, 2.75) is 120 Å². The first kappa shape index (κ1) is 43.8. The van der Waals surface area contributed by atoms with Crippen molar-refractivity contribution < 1.29 is 55.0 Å². The Kier molecular flexibility index (Phi) is 12.4. The molecule has 0 radical (unpaired) electrons. The standard InChI is InChI=1S/C39H51F3N6O10S/c1-22-10-6-7-11-24-20-38(24,35(52)46-59(54,55)26-14-15-26)44-31(49)29-19-25(57-32-27-12-8-9-13-28(27)33(50)48(45-32)16-17-56-5)21-47(29)34(51)30(23(2)18-22)43-36(53)58-37(3,4)39(40,41)42/h7-9,11-13,22-26,29-30H,6,10,14-21H2,1-5H3,(H,43,53)(H,44,49)(H,46,52). The number of sulfonamides is 1. The van der Waals surface area contributed by atoms with E-state index in [1.807, 2.05) is 13.0 Å². The van der Waals surface area contributed by atoms with Crippen LogP contribution in [0.15, 0.2) is 41.2 Å². The van der Waals surface area contributed by atoms with E-state index < -0.39 is 92.0 Å².